The fourth-order valence-corrected chi connectivity index (χ4v) is 5.13. The van der Waals surface area contributed by atoms with Gasteiger partial charge < -0.3 is 14.8 Å². The standard InChI is InChI=1S/C26H25N3O4S/c1-18(30)29(21-8-4-2-5-9-21)25-28-20(17-34-25)11-13-24(31)27-19-10-12-22-23(16-19)33-26(32-22)14-6-3-7-15-26/h2,4-5,8-13,16-17H,3,6-7,14-15H2,1H3,(H,27,31)/b13-11+. The summed E-state index contributed by atoms with van der Waals surface area (Å²) in [4.78, 5) is 30.7. The van der Waals surface area contributed by atoms with E-state index in [0.717, 1.165) is 37.1 Å². The molecule has 0 atom stereocenters. The first-order valence-corrected chi connectivity index (χ1v) is 12.2. The molecule has 1 aliphatic carbocycles. The summed E-state index contributed by atoms with van der Waals surface area (Å²) in [5.41, 5.74) is 1.98. The Morgan fingerprint density at radius 3 is 2.59 bits per heavy atom. The number of hydrogen-bond donors (Lipinski definition) is 1. The average molecular weight is 476 g/mol. The summed E-state index contributed by atoms with van der Waals surface area (Å²) in [5, 5.41) is 5.21. The van der Waals surface area contributed by atoms with Gasteiger partial charge in [-0.2, -0.15) is 0 Å². The lowest BCUT2D eigenvalue weighted by Crippen LogP contribution is -2.40. The first-order valence-electron chi connectivity index (χ1n) is 11.3. The van der Waals surface area contributed by atoms with Crippen LogP contribution in [0.25, 0.3) is 6.08 Å². The van der Waals surface area contributed by atoms with Gasteiger partial charge in [-0.05, 0) is 43.2 Å². The van der Waals surface area contributed by atoms with Crippen LogP contribution in [0.1, 0.15) is 44.7 Å². The van der Waals surface area contributed by atoms with Gasteiger partial charge in [0, 0.05) is 43.0 Å². The minimum absolute atomic E-state index is 0.133. The van der Waals surface area contributed by atoms with Crippen molar-refractivity contribution >= 4 is 45.7 Å². The Labute approximate surface area is 202 Å². The van der Waals surface area contributed by atoms with E-state index >= 15 is 0 Å². The van der Waals surface area contributed by atoms with Gasteiger partial charge in [0.25, 0.3) is 5.79 Å². The van der Waals surface area contributed by atoms with Gasteiger partial charge in [0.15, 0.2) is 16.6 Å². The number of fused-ring (bicyclic) bond motifs is 1. The molecule has 0 saturated heterocycles. The van der Waals surface area contributed by atoms with Crippen molar-refractivity contribution in [3.63, 3.8) is 0 Å². The van der Waals surface area contributed by atoms with Crippen molar-refractivity contribution in [2.45, 2.75) is 44.8 Å². The molecule has 2 amide bonds. The van der Waals surface area contributed by atoms with Crippen LogP contribution in [0.5, 0.6) is 11.5 Å². The maximum atomic E-state index is 12.5. The molecule has 2 aromatic carbocycles. The highest BCUT2D eigenvalue weighted by molar-refractivity contribution is 7.14. The number of ether oxygens (including phenoxy) is 2. The zero-order valence-electron chi connectivity index (χ0n) is 18.8. The van der Waals surface area contributed by atoms with Crippen LogP contribution in [0.3, 0.4) is 0 Å². The van der Waals surface area contributed by atoms with E-state index in [1.165, 1.54) is 30.8 Å². The quantitative estimate of drug-likeness (QED) is 0.464. The van der Waals surface area contributed by atoms with Crippen LogP contribution in [-0.2, 0) is 9.59 Å². The fourth-order valence-electron chi connectivity index (χ4n) is 4.27. The Morgan fingerprint density at radius 1 is 1.06 bits per heavy atom. The summed E-state index contributed by atoms with van der Waals surface area (Å²) in [6.07, 6.45) is 8.21. The molecule has 2 aliphatic rings. The molecule has 1 N–H and O–H groups in total. The molecule has 0 bridgehead atoms. The van der Waals surface area contributed by atoms with E-state index in [9.17, 15) is 9.59 Å². The molecule has 7 nitrogen and oxygen atoms in total. The van der Waals surface area contributed by atoms with Crippen LogP contribution >= 0.6 is 11.3 Å². The van der Waals surface area contributed by atoms with Crippen molar-refractivity contribution in [1.29, 1.82) is 0 Å². The monoisotopic (exact) mass is 475 g/mol. The Balaban J connectivity index is 1.24. The van der Waals surface area contributed by atoms with Gasteiger partial charge >= 0.3 is 0 Å². The highest BCUT2D eigenvalue weighted by Gasteiger charge is 2.42. The first-order chi connectivity index (χ1) is 16.5. The Bertz CT molecular complexity index is 1230. The second-order valence-electron chi connectivity index (χ2n) is 8.40. The smallest absolute Gasteiger partial charge is 0.251 e. The predicted molar refractivity (Wildman–Crippen MR) is 133 cm³/mol. The minimum Gasteiger partial charge on any atom is -0.448 e. The number of carbonyl (C=O) groups excluding carboxylic acids is 2. The number of anilines is 3. The van der Waals surface area contributed by atoms with E-state index < -0.39 is 5.79 Å². The molecule has 8 heteroatoms. The summed E-state index contributed by atoms with van der Waals surface area (Å²) >= 11 is 1.34. The maximum Gasteiger partial charge on any atom is 0.251 e. The largest absolute Gasteiger partial charge is 0.448 e. The molecule has 2 heterocycles. The van der Waals surface area contributed by atoms with E-state index in [0.29, 0.717) is 22.3 Å². The lowest BCUT2D eigenvalue weighted by molar-refractivity contribution is -0.116. The van der Waals surface area contributed by atoms with E-state index in [1.807, 2.05) is 41.8 Å². The third kappa shape index (κ3) is 4.68. The lowest BCUT2D eigenvalue weighted by atomic mass is 9.94. The van der Waals surface area contributed by atoms with Crippen molar-refractivity contribution in [3.8, 4) is 11.5 Å². The Morgan fingerprint density at radius 2 is 1.82 bits per heavy atom. The molecule has 1 spiro atoms. The van der Waals surface area contributed by atoms with Crippen LogP contribution in [-0.4, -0.2) is 22.6 Å². The predicted octanol–water partition coefficient (Wildman–Crippen LogP) is 5.91. The van der Waals surface area contributed by atoms with E-state index in [-0.39, 0.29) is 11.8 Å². The molecular formula is C26H25N3O4S. The number of nitrogens with zero attached hydrogens (tertiary/aromatic N) is 2. The van der Waals surface area contributed by atoms with Gasteiger partial charge in [-0.15, -0.1) is 11.3 Å². The number of nitrogens with one attached hydrogen (secondary N) is 1. The van der Waals surface area contributed by atoms with Crippen molar-refractivity contribution in [1.82, 2.24) is 4.98 Å². The SMILES string of the molecule is CC(=O)N(c1ccccc1)c1nc(/C=C/C(=O)Nc2ccc3c(c2)OC2(CCCCC2)O3)cs1. The molecule has 174 valence electrons. The normalized spacial score (nSPS) is 16.0. The van der Waals surface area contributed by atoms with Crippen molar-refractivity contribution in [2.24, 2.45) is 0 Å². The molecule has 0 radical (unpaired) electrons. The number of para-hydroxylation sites is 1. The number of aromatic nitrogens is 1. The summed E-state index contributed by atoms with van der Waals surface area (Å²) in [6, 6.07) is 14.8. The van der Waals surface area contributed by atoms with E-state index in [4.69, 9.17) is 9.47 Å². The van der Waals surface area contributed by atoms with Gasteiger partial charge in [0.05, 0.1) is 11.4 Å². The molecular weight excluding hydrogens is 450 g/mol. The number of hydrogen-bond acceptors (Lipinski definition) is 6. The van der Waals surface area contributed by atoms with Gasteiger partial charge in [0.2, 0.25) is 11.8 Å². The van der Waals surface area contributed by atoms with Crippen LogP contribution in [0.15, 0.2) is 60.0 Å². The summed E-state index contributed by atoms with van der Waals surface area (Å²) in [6.45, 7) is 1.50. The minimum atomic E-state index is -0.543. The van der Waals surface area contributed by atoms with Crippen LogP contribution in [0.4, 0.5) is 16.5 Å². The fraction of sp³-hybridized carbons (Fsp3) is 0.269. The molecule has 3 aromatic rings. The highest BCUT2D eigenvalue weighted by Crippen LogP contribution is 2.46. The lowest BCUT2D eigenvalue weighted by Gasteiger charge is -2.31. The zero-order chi connectivity index (χ0) is 23.5. The molecule has 34 heavy (non-hydrogen) atoms. The second kappa shape index (κ2) is 9.30. The molecule has 1 aromatic heterocycles. The van der Waals surface area contributed by atoms with Crippen LogP contribution < -0.4 is 19.7 Å². The van der Waals surface area contributed by atoms with Crippen molar-refractivity contribution < 1.29 is 19.1 Å². The van der Waals surface area contributed by atoms with Gasteiger partial charge in [-0.1, -0.05) is 24.6 Å². The van der Waals surface area contributed by atoms with Gasteiger partial charge in [-0.3, -0.25) is 14.5 Å². The number of rotatable bonds is 5. The third-order valence-corrected chi connectivity index (χ3v) is 6.70. The Kier molecular flexibility index (Phi) is 6.06. The highest BCUT2D eigenvalue weighted by atomic mass is 32.1. The number of amides is 2. The summed E-state index contributed by atoms with van der Waals surface area (Å²) in [7, 11) is 0. The zero-order valence-corrected chi connectivity index (χ0v) is 19.6. The Hall–Kier alpha value is -3.65. The van der Waals surface area contributed by atoms with E-state index in [1.54, 1.807) is 23.1 Å². The first kappa shape index (κ1) is 22.2. The summed E-state index contributed by atoms with van der Waals surface area (Å²) in [5.74, 6) is 0.426. The van der Waals surface area contributed by atoms with Crippen LogP contribution in [0, 0.1) is 0 Å². The van der Waals surface area contributed by atoms with Gasteiger partial charge in [0.1, 0.15) is 0 Å². The van der Waals surface area contributed by atoms with E-state index in [2.05, 4.69) is 10.3 Å². The number of carbonyl (C=O) groups is 2. The van der Waals surface area contributed by atoms with Crippen LogP contribution in [0.2, 0.25) is 0 Å². The van der Waals surface area contributed by atoms with Crippen molar-refractivity contribution in [3.05, 3.63) is 65.7 Å². The number of benzene rings is 2. The molecule has 1 saturated carbocycles. The number of thiazole rings is 1. The van der Waals surface area contributed by atoms with Gasteiger partial charge in [-0.25, -0.2) is 4.98 Å². The topological polar surface area (TPSA) is 80.8 Å². The third-order valence-electron chi connectivity index (χ3n) is 5.85. The van der Waals surface area contributed by atoms with Crippen molar-refractivity contribution in [2.75, 3.05) is 10.2 Å². The molecule has 5 rings (SSSR count). The molecule has 0 unspecified atom stereocenters. The molecule has 1 fully saturated rings. The summed E-state index contributed by atoms with van der Waals surface area (Å²) < 4.78 is 12.2. The maximum absolute atomic E-state index is 12.5. The molecule has 1 aliphatic heterocycles. The second-order valence-corrected chi connectivity index (χ2v) is 9.24. The average Bonchev–Trinajstić information content (AvgIpc) is 3.43.